The van der Waals surface area contributed by atoms with E-state index in [1.54, 1.807) is 24.3 Å². The van der Waals surface area contributed by atoms with Crippen LogP contribution in [0.3, 0.4) is 0 Å². The van der Waals surface area contributed by atoms with Crippen LogP contribution in [0.15, 0.2) is 53.4 Å². The fraction of sp³-hybridized carbons (Fsp3) is 0.381. The molecule has 1 aliphatic heterocycles. The summed E-state index contributed by atoms with van der Waals surface area (Å²) in [5.41, 5.74) is 0.164. The number of ether oxygens (including phenoxy) is 3. The number of carbonyl (C=O) groups is 1. The van der Waals surface area contributed by atoms with Crippen LogP contribution in [0.5, 0.6) is 5.75 Å². The van der Waals surface area contributed by atoms with Crippen LogP contribution < -0.4 is 4.74 Å². The minimum absolute atomic E-state index is 0.0247. The largest absolute Gasteiger partial charge is 0.490 e. The predicted molar refractivity (Wildman–Crippen MR) is 112 cm³/mol. The van der Waals surface area contributed by atoms with Crippen molar-refractivity contribution in [3.05, 3.63) is 59.1 Å². The highest BCUT2D eigenvalue weighted by Gasteiger charge is 2.32. The summed E-state index contributed by atoms with van der Waals surface area (Å²) >= 11 is 5.81. The van der Waals surface area contributed by atoms with Crippen LogP contribution in [0.2, 0.25) is 5.02 Å². The third kappa shape index (κ3) is 5.72. The molecule has 2 aromatic carbocycles. The Bertz CT molecular complexity index is 969. The summed E-state index contributed by atoms with van der Waals surface area (Å²) in [5, 5.41) is 0.601. The van der Waals surface area contributed by atoms with Crippen molar-refractivity contribution in [2.45, 2.75) is 31.0 Å². The Kier molecular flexibility index (Phi) is 7.36. The Morgan fingerprint density at radius 1 is 1.10 bits per heavy atom. The van der Waals surface area contributed by atoms with Gasteiger partial charge in [-0.2, -0.15) is 4.31 Å². The molecule has 2 aromatic rings. The summed E-state index contributed by atoms with van der Waals surface area (Å²) in [7, 11) is -3.74. The second kappa shape index (κ2) is 9.78. The summed E-state index contributed by atoms with van der Waals surface area (Å²) in [4.78, 5) is 12.4. The van der Waals surface area contributed by atoms with E-state index in [1.165, 1.54) is 28.6 Å². The SMILES string of the molecule is C[C@H]1CN(S(=O)(=O)c2cccc(C(=O)OCCOc3ccc(Cl)cc3)c2)C[C@H](C)O1. The van der Waals surface area contributed by atoms with E-state index in [2.05, 4.69) is 0 Å². The van der Waals surface area contributed by atoms with Crippen LogP contribution in [0.4, 0.5) is 0 Å². The monoisotopic (exact) mass is 453 g/mol. The van der Waals surface area contributed by atoms with Crippen molar-refractivity contribution < 1.29 is 27.4 Å². The first-order chi connectivity index (χ1) is 14.3. The first kappa shape index (κ1) is 22.6. The van der Waals surface area contributed by atoms with Gasteiger partial charge in [0, 0.05) is 18.1 Å². The molecule has 1 fully saturated rings. The Balaban J connectivity index is 1.60. The second-order valence-corrected chi connectivity index (χ2v) is 9.42. The maximum Gasteiger partial charge on any atom is 0.338 e. The van der Waals surface area contributed by atoms with Crippen LogP contribution in [0.25, 0.3) is 0 Å². The van der Waals surface area contributed by atoms with Crippen molar-refractivity contribution >= 4 is 27.6 Å². The molecule has 2 atom stereocenters. The Hall–Kier alpha value is -2.13. The molecule has 0 unspecified atom stereocenters. The van der Waals surface area contributed by atoms with Gasteiger partial charge < -0.3 is 14.2 Å². The average Bonchev–Trinajstić information content (AvgIpc) is 2.71. The lowest BCUT2D eigenvalue weighted by atomic mass is 10.2. The summed E-state index contributed by atoms with van der Waals surface area (Å²) in [6, 6.07) is 12.7. The molecule has 3 rings (SSSR count). The average molecular weight is 454 g/mol. The minimum Gasteiger partial charge on any atom is -0.490 e. The highest BCUT2D eigenvalue weighted by Crippen LogP contribution is 2.22. The quantitative estimate of drug-likeness (QED) is 0.472. The number of rotatable bonds is 7. The van der Waals surface area contributed by atoms with Gasteiger partial charge in [0.15, 0.2) is 0 Å². The molecule has 0 radical (unpaired) electrons. The molecule has 0 N–H and O–H groups in total. The van der Waals surface area contributed by atoms with Gasteiger partial charge in [-0.25, -0.2) is 13.2 Å². The molecule has 1 heterocycles. The van der Waals surface area contributed by atoms with Crippen molar-refractivity contribution in [3.63, 3.8) is 0 Å². The van der Waals surface area contributed by atoms with Gasteiger partial charge in [0.1, 0.15) is 19.0 Å². The molecule has 0 saturated carbocycles. The highest BCUT2D eigenvalue weighted by molar-refractivity contribution is 7.89. The van der Waals surface area contributed by atoms with Gasteiger partial charge in [0.05, 0.1) is 22.7 Å². The molecular weight excluding hydrogens is 430 g/mol. The van der Waals surface area contributed by atoms with Gasteiger partial charge >= 0.3 is 5.97 Å². The van der Waals surface area contributed by atoms with Gasteiger partial charge in [-0.05, 0) is 56.3 Å². The molecule has 7 nitrogen and oxygen atoms in total. The van der Waals surface area contributed by atoms with Gasteiger partial charge in [-0.15, -0.1) is 0 Å². The lowest BCUT2D eigenvalue weighted by molar-refractivity contribution is -0.0440. The standard InChI is InChI=1S/C21H24ClNO6S/c1-15-13-23(14-16(2)29-15)30(25,26)20-5-3-4-17(12-20)21(24)28-11-10-27-19-8-6-18(22)7-9-19/h3-9,12,15-16H,10-11,13-14H2,1-2H3/t15-,16-/m0/s1. The number of sulfonamides is 1. The van der Waals surface area contributed by atoms with Crippen molar-refractivity contribution in [2.24, 2.45) is 0 Å². The van der Waals surface area contributed by atoms with Crippen molar-refractivity contribution in [2.75, 3.05) is 26.3 Å². The third-order valence-corrected chi connectivity index (χ3v) is 6.57. The van der Waals surface area contributed by atoms with Crippen LogP contribution in [0.1, 0.15) is 24.2 Å². The molecule has 162 valence electrons. The Morgan fingerprint density at radius 3 is 2.43 bits per heavy atom. The number of halogens is 1. The summed E-state index contributed by atoms with van der Waals surface area (Å²) in [6.45, 7) is 4.38. The zero-order chi connectivity index (χ0) is 21.7. The first-order valence-electron chi connectivity index (χ1n) is 9.57. The zero-order valence-electron chi connectivity index (χ0n) is 16.8. The van der Waals surface area contributed by atoms with E-state index in [0.717, 1.165) is 0 Å². The van der Waals surface area contributed by atoms with E-state index < -0.39 is 16.0 Å². The molecule has 0 aliphatic carbocycles. The molecule has 0 aromatic heterocycles. The first-order valence-corrected chi connectivity index (χ1v) is 11.4. The number of hydrogen-bond acceptors (Lipinski definition) is 6. The van der Waals surface area contributed by atoms with Crippen molar-refractivity contribution in [3.8, 4) is 5.75 Å². The van der Waals surface area contributed by atoms with E-state index in [-0.39, 0.29) is 49.0 Å². The molecule has 0 bridgehead atoms. The van der Waals surface area contributed by atoms with E-state index in [9.17, 15) is 13.2 Å². The highest BCUT2D eigenvalue weighted by atomic mass is 35.5. The maximum atomic E-state index is 13.0. The molecule has 1 saturated heterocycles. The van der Waals surface area contributed by atoms with Gasteiger partial charge in [0.25, 0.3) is 0 Å². The van der Waals surface area contributed by atoms with E-state index >= 15 is 0 Å². The number of esters is 1. The number of benzene rings is 2. The van der Waals surface area contributed by atoms with Gasteiger partial charge in [-0.1, -0.05) is 17.7 Å². The maximum absolute atomic E-state index is 13.0. The Labute approximate surface area is 181 Å². The molecule has 9 heteroatoms. The summed E-state index contributed by atoms with van der Waals surface area (Å²) in [5.74, 6) is -0.00650. The van der Waals surface area contributed by atoms with Crippen LogP contribution in [-0.2, 0) is 19.5 Å². The van der Waals surface area contributed by atoms with Crippen LogP contribution in [0, 0.1) is 0 Å². The fourth-order valence-electron chi connectivity index (χ4n) is 3.17. The van der Waals surface area contributed by atoms with E-state index in [4.69, 9.17) is 25.8 Å². The molecular formula is C21H24ClNO6S. The second-order valence-electron chi connectivity index (χ2n) is 7.05. The molecule has 0 spiro atoms. The van der Waals surface area contributed by atoms with E-state index in [1.807, 2.05) is 13.8 Å². The fourth-order valence-corrected chi connectivity index (χ4v) is 4.93. The summed E-state index contributed by atoms with van der Waals surface area (Å²) in [6.07, 6.45) is -0.394. The number of nitrogens with zero attached hydrogens (tertiary/aromatic N) is 1. The van der Waals surface area contributed by atoms with Crippen LogP contribution >= 0.6 is 11.6 Å². The lowest BCUT2D eigenvalue weighted by Crippen LogP contribution is -2.48. The third-order valence-electron chi connectivity index (χ3n) is 4.49. The minimum atomic E-state index is -3.74. The van der Waals surface area contributed by atoms with Crippen LogP contribution in [-0.4, -0.2) is 57.2 Å². The number of carbonyl (C=O) groups excluding carboxylic acids is 1. The van der Waals surface area contributed by atoms with Crippen molar-refractivity contribution in [1.82, 2.24) is 4.31 Å². The van der Waals surface area contributed by atoms with E-state index in [0.29, 0.717) is 10.8 Å². The number of hydrogen-bond donors (Lipinski definition) is 0. The Morgan fingerprint density at radius 2 is 1.77 bits per heavy atom. The zero-order valence-corrected chi connectivity index (χ0v) is 18.4. The smallest absolute Gasteiger partial charge is 0.338 e. The van der Waals surface area contributed by atoms with Crippen molar-refractivity contribution in [1.29, 1.82) is 0 Å². The van der Waals surface area contributed by atoms with Gasteiger partial charge in [0.2, 0.25) is 10.0 Å². The lowest BCUT2D eigenvalue weighted by Gasteiger charge is -2.34. The summed E-state index contributed by atoms with van der Waals surface area (Å²) < 4.78 is 43.6. The van der Waals surface area contributed by atoms with Gasteiger partial charge in [-0.3, -0.25) is 0 Å². The molecule has 30 heavy (non-hydrogen) atoms. The normalized spacial score (nSPS) is 20.0. The predicted octanol–water partition coefficient (Wildman–Crippen LogP) is 3.37. The topological polar surface area (TPSA) is 82.1 Å². The molecule has 1 aliphatic rings. The number of morpholine rings is 1. The molecule has 0 amide bonds.